The van der Waals surface area contributed by atoms with Crippen molar-refractivity contribution in [2.24, 2.45) is 5.92 Å². The molecule has 224 valence electrons. The Hall–Kier alpha value is -3.37. The van der Waals surface area contributed by atoms with E-state index in [-0.39, 0.29) is 37.0 Å². The van der Waals surface area contributed by atoms with E-state index in [1.54, 1.807) is 29.2 Å². The molecule has 11 heteroatoms. The molecule has 1 aliphatic heterocycles. The summed E-state index contributed by atoms with van der Waals surface area (Å²) in [6.45, 7) is 5.24. The predicted octanol–water partition coefficient (Wildman–Crippen LogP) is 6.06. The minimum atomic E-state index is -0.511. The van der Waals surface area contributed by atoms with E-state index in [2.05, 4.69) is 15.5 Å². The summed E-state index contributed by atoms with van der Waals surface area (Å²) in [5, 5.41) is 16.3. The number of fused-ring (bicyclic) bond motifs is 1. The van der Waals surface area contributed by atoms with Gasteiger partial charge in [0.1, 0.15) is 17.7 Å². The summed E-state index contributed by atoms with van der Waals surface area (Å²) in [4.78, 5) is 29.9. The minimum absolute atomic E-state index is 0.0350. The maximum atomic E-state index is 13.5. The van der Waals surface area contributed by atoms with Crippen LogP contribution in [0.3, 0.4) is 0 Å². The molecule has 0 spiro atoms. The van der Waals surface area contributed by atoms with Gasteiger partial charge in [0.05, 0.1) is 29.1 Å². The maximum absolute atomic E-state index is 13.5. The number of hydrogen-bond acceptors (Lipinski definition) is 5. The lowest BCUT2D eigenvalue weighted by atomic mass is 10.0. The fraction of sp³-hybridized carbons (Fsp3) is 0.355. The first-order chi connectivity index (χ1) is 20.0. The van der Waals surface area contributed by atoms with Crippen molar-refractivity contribution in [3.05, 3.63) is 87.7 Å². The lowest BCUT2D eigenvalue weighted by molar-refractivity contribution is -0.134. The Labute approximate surface area is 255 Å². The van der Waals surface area contributed by atoms with E-state index >= 15 is 0 Å². The van der Waals surface area contributed by atoms with Crippen LogP contribution in [-0.4, -0.2) is 65.7 Å². The number of carbonyl (C=O) groups is 2. The van der Waals surface area contributed by atoms with E-state index in [1.807, 2.05) is 33.0 Å². The van der Waals surface area contributed by atoms with Crippen molar-refractivity contribution < 1.29 is 23.8 Å². The molecule has 0 bridgehead atoms. The predicted molar refractivity (Wildman–Crippen MR) is 164 cm³/mol. The van der Waals surface area contributed by atoms with E-state index in [9.17, 15) is 19.1 Å². The molecular formula is C31H35Cl2FN4O4. The number of amides is 3. The number of urea groups is 1. The summed E-state index contributed by atoms with van der Waals surface area (Å²) in [5.41, 5.74) is 2.52. The summed E-state index contributed by atoms with van der Waals surface area (Å²) in [6.07, 6.45) is -0.260. The minimum Gasteiger partial charge on any atom is -0.488 e. The Morgan fingerprint density at radius 2 is 1.79 bits per heavy atom. The zero-order valence-electron chi connectivity index (χ0n) is 23.7. The van der Waals surface area contributed by atoms with Gasteiger partial charge in [0.25, 0.3) is 0 Å². The summed E-state index contributed by atoms with van der Waals surface area (Å²) in [5.74, 6) is -0.0671. The van der Waals surface area contributed by atoms with Crippen LogP contribution in [0.4, 0.5) is 20.6 Å². The van der Waals surface area contributed by atoms with Crippen molar-refractivity contribution >= 4 is 46.5 Å². The summed E-state index contributed by atoms with van der Waals surface area (Å²) >= 11 is 12.3. The van der Waals surface area contributed by atoms with Gasteiger partial charge in [-0.05, 0) is 74.1 Å². The van der Waals surface area contributed by atoms with Gasteiger partial charge < -0.3 is 25.4 Å². The number of ether oxygens (including phenoxy) is 1. The van der Waals surface area contributed by atoms with Crippen molar-refractivity contribution in [3.8, 4) is 5.75 Å². The normalized spacial score (nSPS) is 17.9. The molecule has 0 aliphatic carbocycles. The third-order valence-corrected chi connectivity index (χ3v) is 7.94. The molecule has 42 heavy (non-hydrogen) atoms. The molecule has 0 saturated heterocycles. The number of aliphatic hydroxyl groups is 1. The van der Waals surface area contributed by atoms with Crippen molar-refractivity contribution in [1.82, 2.24) is 9.80 Å². The SMILES string of the molecule is C[C@@H]1CN([C@H](C)CO)C(=O)Cc2cc(NC(=O)Nc3ccc(F)cc3)ccc2O[C@@H]1CN(C)Cc1ccc(Cl)c(Cl)c1. The zero-order chi connectivity index (χ0) is 30.4. The van der Waals surface area contributed by atoms with Gasteiger partial charge in [0.2, 0.25) is 5.91 Å². The molecular weight excluding hydrogens is 582 g/mol. The van der Waals surface area contributed by atoms with E-state index in [4.69, 9.17) is 27.9 Å². The molecule has 1 aliphatic rings. The van der Waals surface area contributed by atoms with Gasteiger partial charge in [-0.25, -0.2) is 9.18 Å². The molecule has 3 amide bonds. The zero-order valence-corrected chi connectivity index (χ0v) is 25.3. The molecule has 0 fully saturated rings. The van der Waals surface area contributed by atoms with Crippen LogP contribution in [0.25, 0.3) is 0 Å². The first kappa shape index (κ1) is 31.6. The molecule has 1 heterocycles. The van der Waals surface area contributed by atoms with Gasteiger partial charge >= 0.3 is 6.03 Å². The fourth-order valence-electron chi connectivity index (χ4n) is 4.87. The van der Waals surface area contributed by atoms with E-state index < -0.39 is 11.8 Å². The lowest BCUT2D eigenvalue weighted by Crippen LogP contribution is -2.47. The number of anilines is 2. The highest BCUT2D eigenvalue weighted by Crippen LogP contribution is 2.30. The van der Waals surface area contributed by atoms with Gasteiger partial charge in [-0.1, -0.05) is 36.2 Å². The summed E-state index contributed by atoms with van der Waals surface area (Å²) in [6, 6.07) is 15.3. The average molecular weight is 618 g/mol. The molecule has 0 saturated carbocycles. The molecule has 3 aromatic rings. The Bertz CT molecular complexity index is 1410. The topological polar surface area (TPSA) is 94.1 Å². The standard InChI is InChI=1S/C31H35Cl2FN4O4/c1-19-15-38(20(2)18-39)30(40)14-22-13-25(36-31(41)35-24-7-5-23(34)6-8-24)9-11-28(22)42-29(19)17-37(3)16-21-4-10-26(32)27(33)12-21/h4-13,19-20,29,39H,14-18H2,1-3H3,(H2,35,36,41)/t19-,20-,29-/m1/s1. The highest BCUT2D eigenvalue weighted by molar-refractivity contribution is 6.42. The number of aliphatic hydroxyl groups excluding tert-OH is 1. The smallest absolute Gasteiger partial charge is 0.323 e. The molecule has 0 unspecified atom stereocenters. The second kappa shape index (κ2) is 14.2. The van der Waals surface area contributed by atoms with Crippen molar-refractivity contribution in [1.29, 1.82) is 0 Å². The average Bonchev–Trinajstić information content (AvgIpc) is 2.99. The van der Waals surface area contributed by atoms with E-state index in [0.29, 0.717) is 52.4 Å². The fourth-order valence-corrected chi connectivity index (χ4v) is 5.19. The Morgan fingerprint density at radius 1 is 1.10 bits per heavy atom. The number of halogens is 3. The van der Waals surface area contributed by atoms with Crippen LogP contribution in [0.5, 0.6) is 5.75 Å². The lowest BCUT2D eigenvalue weighted by Gasteiger charge is -2.34. The Balaban J connectivity index is 1.56. The molecule has 3 aromatic carbocycles. The largest absolute Gasteiger partial charge is 0.488 e. The molecule has 8 nitrogen and oxygen atoms in total. The first-order valence-corrected chi connectivity index (χ1v) is 14.4. The van der Waals surface area contributed by atoms with Gasteiger partial charge in [0.15, 0.2) is 0 Å². The molecule has 3 N–H and O–H groups in total. The number of nitrogens with zero attached hydrogens (tertiary/aromatic N) is 2. The highest BCUT2D eigenvalue weighted by atomic mass is 35.5. The van der Waals surface area contributed by atoms with E-state index in [0.717, 1.165) is 5.56 Å². The number of hydrogen-bond donors (Lipinski definition) is 3. The van der Waals surface area contributed by atoms with Crippen LogP contribution in [-0.2, 0) is 17.8 Å². The van der Waals surface area contributed by atoms with Gasteiger partial charge in [-0.3, -0.25) is 9.69 Å². The van der Waals surface area contributed by atoms with Crippen LogP contribution in [0.1, 0.15) is 25.0 Å². The quantitative estimate of drug-likeness (QED) is 0.286. The number of rotatable bonds is 8. The van der Waals surface area contributed by atoms with Crippen molar-refractivity contribution in [2.75, 3.05) is 37.4 Å². The monoisotopic (exact) mass is 616 g/mol. The molecule has 0 aromatic heterocycles. The first-order valence-electron chi connectivity index (χ1n) is 13.7. The number of carbonyl (C=O) groups excluding carboxylic acids is 2. The van der Waals surface area contributed by atoms with Crippen molar-refractivity contribution in [2.45, 2.75) is 39.0 Å². The van der Waals surface area contributed by atoms with Crippen LogP contribution in [0.2, 0.25) is 10.0 Å². The van der Waals surface area contributed by atoms with Crippen LogP contribution < -0.4 is 15.4 Å². The van der Waals surface area contributed by atoms with Crippen LogP contribution in [0.15, 0.2) is 60.7 Å². The Kier molecular flexibility index (Phi) is 10.7. The molecule has 3 atom stereocenters. The Morgan fingerprint density at radius 3 is 2.48 bits per heavy atom. The third kappa shape index (κ3) is 8.35. The van der Waals surface area contributed by atoms with Crippen LogP contribution in [0, 0.1) is 11.7 Å². The summed E-state index contributed by atoms with van der Waals surface area (Å²) in [7, 11) is 1.98. The maximum Gasteiger partial charge on any atom is 0.323 e. The van der Waals surface area contributed by atoms with Gasteiger partial charge in [-0.2, -0.15) is 0 Å². The summed E-state index contributed by atoms with van der Waals surface area (Å²) < 4.78 is 19.8. The number of likely N-dealkylation sites (N-methyl/N-ethyl adjacent to an activating group) is 1. The second-order valence-electron chi connectivity index (χ2n) is 10.7. The highest BCUT2D eigenvalue weighted by Gasteiger charge is 2.31. The van der Waals surface area contributed by atoms with Crippen LogP contribution >= 0.6 is 23.2 Å². The van der Waals surface area contributed by atoms with Gasteiger partial charge in [0, 0.05) is 42.5 Å². The van der Waals surface area contributed by atoms with E-state index in [1.165, 1.54) is 24.3 Å². The molecule has 4 rings (SSSR count). The number of benzene rings is 3. The molecule has 0 radical (unpaired) electrons. The second-order valence-corrected chi connectivity index (χ2v) is 11.6. The third-order valence-electron chi connectivity index (χ3n) is 7.20. The van der Waals surface area contributed by atoms with Gasteiger partial charge in [-0.15, -0.1) is 0 Å². The number of nitrogens with one attached hydrogen (secondary N) is 2. The van der Waals surface area contributed by atoms with Crippen molar-refractivity contribution in [3.63, 3.8) is 0 Å².